The second kappa shape index (κ2) is 10.4. The van der Waals surface area contributed by atoms with Crippen LogP contribution in [0.1, 0.15) is 32.6 Å². The van der Waals surface area contributed by atoms with Gasteiger partial charge in [-0.3, -0.25) is 14.5 Å². The van der Waals surface area contributed by atoms with E-state index in [4.69, 9.17) is 14.2 Å². The number of hydrogen-bond donors (Lipinski definition) is 1. The maximum absolute atomic E-state index is 13.5. The number of ether oxygens (including phenoxy) is 3. The van der Waals surface area contributed by atoms with E-state index >= 15 is 0 Å². The molecule has 7 heteroatoms. The van der Waals surface area contributed by atoms with Crippen molar-refractivity contribution in [3.05, 3.63) is 125 Å². The summed E-state index contributed by atoms with van der Waals surface area (Å²) in [5.41, 5.74) is 5.10. The highest BCUT2D eigenvalue weighted by molar-refractivity contribution is 6.09. The zero-order chi connectivity index (χ0) is 26.8. The largest absolute Gasteiger partial charge is 0.454 e. The van der Waals surface area contributed by atoms with Crippen molar-refractivity contribution >= 4 is 23.6 Å². The average molecular weight is 519 g/mol. The number of para-hydroxylation sites is 2. The van der Waals surface area contributed by atoms with Crippen molar-refractivity contribution in [2.24, 2.45) is 0 Å². The van der Waals surface area contributed by atoms with Crippen molar-refractivity contribution in [1.82, 2.24) is 5.32 Å². The van der Waals surface area contributed by atoms with Gasteiger partial charge in [-0.2, -0.15) is 0 Å². The number of nitrogens with one attached hydrogen (secondary N) is 1. The molecule has 39 heavy (non-hydrogen) atoms. The van der Waals surface area contributed by atoms with Gasteiger partial charge in [-0.15, -0.1) is 0 Å². The molecule has 0 bridgehead atoms. The second-order valence-corrected chi connectivity index (χ2v) is 9.45. The molecule has 2 aliphatic rings. The Bertz CT molecular complexity index is 1580. The van der Waals surface area contributed by atoms with Crippen molar-refractivity contribution in [2.75, 3.05) is 11.7 Å². The maximum atomic E-state index is 13.5. The van der Waals surface area contributed by atoms with Crippen LogP contribution in [0.2, 0.25) is 0 Å². The maximum Gasteiger partial charge on any atom is 0.294 e. The lowest BCUT2D eigenvalue weighted by Gasteiger charge is -2.30. The molecule has 2 aliphatic heterocycles. The summed E-state index contributed by atoms with van der Waals surface area (Å²) in [6, 6.07) is 28.3. The molecular weight excluding hydrogens is 492 g/mol. The zero-order valence-electron chi connectivity index (χ0n) is 21.3. The van der Waals surface area contributed by atoms with Crippen molar-refractivity contribution in [2.45, 2.75) is 20.0 Å². The number of hydrogen-bond acceptors (Lipinski definition) is 5. The quantitative estimate of drug-likeness (QED) is 0.335. The second-order valence-electron chi connectivity index (χ2n) is 9.45. The molecule has 2 amide bonds. The van der Waals surface area contributed by atoms with Crippen LogP contribution in [-0.2, 0) is 17.9 Å². The van der Waals surface area contributed by atoms with Gasteiger partial charge in [-0.1, -0.05) is 60.2 Å². The first-order chi connectivity index (χ1) is 19.0. The van der Waals surface area contributed by atoms with Crippen LogP contribution in [0.15, 0.2) is 96.8 Å². The van der Waals surface area contributed by atoms with Gasteiger partial charge in [0.15, 0.2) is 23.0 Å². The van der Waals surface area contributed by atoms with Crippen LogP contribution < -0.4 is 24.4 Å². The highest BCUT2D eigenvalue weighted by Gasteiger charge is 2.30. The SMILES string of the molecule is Cc1ccc(CN2C(=O)/C(=C\c3ccc(C(=O)NCc4ccc5c(c4)OCO5)cc3)Oc3ccccc32)cc1. The Kier molecular flexibility index (Phi) is 6.47. The Hall–Kier alpha value is -5.04. The zero-order valence-corrected chi connectivity index (χ0v) is 21.3. The molecule has 6 rings (SSSR count). The van der Waals surface area contributed by atoms with E-state index in [1.165, 1.54) is 0 Å². The minimum Gasteiger partial charge on any atom is -0.454 e. The fourth-order valence-electron chi connectivity index (χ4n) is 4.51. The smallest absolute Gasteiger partial charge is 0.294 e. The molecule has 4 aromatic carbocycles. The third-order valence-electron chi connectivity index (χ3n) is 6.65. The van der Waals surface area contributed by atoms with E-state index < -0.39 is 0 Å². The Morgan fingerprint density at radius 3 is 2.44 bits per heavy atom. The number of aryl methyl sites for hydroxylation is 1. The van der Waals surface area contributed by atoms with Gasteiger partial charge in [0.05, 0.1) is 12.2 Å². The monoisotopic (exact) mass is 518 g/mol. The molecule has 0 radical (unpaired) electrons. The Balaban J connectivity index is 1.17. The lowest BCUT2D eigenvalue weighted by Crippen LogP contribution is -2.36. The topological polar surface area (TPSA) is 77.1 Å². The first kappa shape index (κ1) is 24.3. The summed E-state index contributed by atoms with van der Waals surface area (Å²) in [5.74, 6) is 1.81. The summed E-state index contributed by atoms with van der Waals surface area (Å²) in [6.07, 6.45) is 1.70. The van der Waals surface area contributed by atoms with Crippen molar-refractivity contribution in [3.63, 3.8) is 0 Å². The minimum absolute atomic E-state index is 0.199. The van der Waals surface area contributed by atoms with Gasteiger partial charge in [0.2, 0.25) is 6.79 Å². The number of nitrogens with zero attached hydrogens (tertiary/aromatic N) is 1. The van der Waals surface area contributed by atoms with Gasteiger partial charge in [0, 0.05) is 12.1 Å². The highest BCUT2D eigenvalue weighted by atomic mass is 16.7. The van der Waals surface area contributed by atoms with Crippen LogP contribution in [0, 0.1) is 6.92 Å². The van der Waals surface area contributed by atoms with E-state index in [0.717, 1.165) is 27.9 Å². The number of benzene rings is 4. The van der Waals surface area contributed by atoms with Crippen molar-refractivity contribution in [3.8, 4) is 17.2 Å². The van der Waals surface area contributed by atoms with E-state index in [9.17, 15) is 9.59 Å². The third-order valence-corrected chi connectivity index (χ3v) is 6.65. The number of amides is 2. The highest BCUT2D eigenvalue weighted by Crippen LogP contribution is 2.36. The summed E-state index contributed by atoms with van der Waals surface area (Å²) >= 11 is 0. The molecule has 7 nitrogen and oxygen atoms in total. The van der Waals surface area contributed by atoms with E-state index in [1.807, 2.05) is 73.7 Å². The number of carbonyl (C=O) groups excluding carboxylic acids is 2. The molecule has 2 heterocycles. The van der Waals surface area contributed by atoms with E-state index in [0.29, 0.717) is 35.9 Å². The summed E-state index contributed by atoms with van der Waals surface area (Å²) in [6.45, 7) is 3.04. The van der Waals surface area contributed by atoms with Crippen molar-refractivity contribution in [1.29, 1.82) is 0 Å². The molecule has 0 saturated carbocycles. The molecule has 0 saturated heterocycles. The average Bonchev–Trinajstić information content (AvgIpc) is 3.43. The molecule has 0 aromatic heterocycles. The van der Waals surface area contributed by atoms with E-state index in [-0.39, 0.29) is 24.4 Å². The van der Waals surface area contributed by atoms with E-state index in [1.54, 1.807) is 35.2 Å². The molecule has 194 valence electrons. The van der Waals surface area contributed by atoms with Crippen LogP contribution in [0.3, 0.4) is 0 Å². The number of fused-ring (bicyclic) bond motifs is 2. The van der Waals surface area contributed by atoms with Gasteiger partial charge in [0.1, 0.15) is 0 Å². The van der Waals surface area contributed by atoms with Crippen LogP contribution >= 0.6 is 0 Å². The summed E-state index contributed by atoms with van der Waals surface area (Å²) in [4.78, 5) is 27.9. The summed E-state index contributed by atoms with van der Waals surface area (Å²) in [5, 5.41) is 2.92. The van der Waals surface area contributed by atoms with E-state index in [2.05, 4.69) is 5.32 Å². The standard InChI is InChI=1S/C32H26N2O5/c1-21-6-8-23(9-7-21)19-34-26-4-2-3-5-27(26)39-30(32(34)36)16-22-10-13-25(14-11-22)31(35)33-18-24-12-15-28-29(17-24)38-20-37-28/h2-17H,18-20H2,1H3,(H,33,35)/b30-16+. The fraction of sp³-hybridized carbons (Fsp3) is 0.125. The normalized spacial score (nSPS) is 14.6. The summed E-state index contributed by atoms with van der Waals surface area (Å²) in [7, 11) is 0. The molecular formula is C32H26N2O5. The lowest BCUT2D eigenvalue weighted by molar-refractivity contribution is -0.117. The van der Waals surface area contributed by atoms with Gasteiger partial charge >= 0.3 is 0 Å². The molecule has 4 aromatic rings. The minimum atomic E-state index is -0.222. The summed E-state index contributed by atoms with van der Waals surface area (Å²) < 4.78 is 16.7. The van der Waals surface area contributed by atoms with Crippen LogP contribution in [0.4, 0.5) is 5.69 Å². The predicted molar refractivity (Wildman–Crippen MR) is 148 cm³/mol. The Labute approximate surface area is 226 Å². The molecule has 0 aliphatic carbocycles. The van der Waals surface area contributed by atoms with Gasteiger partial charge in [0.25, 0.3) is 11.8 Å². The molecule has 0 unspecified atom stereocenters. The number of rotatable bonds is 6. The van der Waals surface area contributed by atoms with Gasteiger partial charge in [-0.25, -0.2) is 0 Å². The predicted octanol–water partition coefficient (Wildman–Crippen LogP) is 5.62. The first-order valence-electron chi connectivity index (χ1n) is 12.7. The molecule has 0 atom stereocenters. The lowest BCUT2D eigenvalue weighted by atomic mass is 10.1. The Morgan fingerprint density at radius 2 is 1.62 bits per heavy atom. The fourth-order valence-corrected chi connectivity index (χ4v) is 4.51. The van der Waals surface area contributed by atoms with Crippen LogP contribution in [-0.4, -0.2) is 18.6 Å². The molecule has 1 N–H and O–H groups in total. The van der Waals surface area contributed by atoms with Crippen LogP contribution in [0.5, 0.6) is 17.2 Å². The number of anilines is 1. The molecule has 0 spiro atoms. The van der Waals surface area contributed by atoms with Crippen molar-refractivity contribution < 1.29 is 23.8 Å². The van der Waals surface area contributed by atoms with Gasteiger partial charge in [-0.05, 0) is 66.1 Å². The van der Waals surface area contributed by atoms with Crippen LogP contribution in [0.25, 0.3) is 6.08 Å². The first-order valence-corrected chi connectivity index (χ1v) is 12.7. The number of carbonyl (C=O) groups is 2. The Morgan fingerprint density at radius 1 is 0.872 bits per heavy atom. The third kappa shape index (κ3) is 5.20. The molecule has 0 fully saturated rings. The van der Waals surface area contributed by atoms with Gasteiger partial charge < -0.3 is 19.5 Å².